The molecule has 0 aromatic carbocycles. The fraction of sp³-hybridized carbons (Fsp3) is 0.667. The third-order valence-electron chi connectivity index (χ3n) is 2.02. The van der Waals surface area contributed by atoms with E-state index in [-0.39, 0.29) is 5.41 Å². The van der Waals surface area contributed by atoms with Gasteiger partial charge in [-0.3, -0.25) is 0 Å². The minimum absolute atomic E-state index is 0.0814. The predicted octanol–water partition coefficient (Wildman–Crippen LogP) is 2.60. The standard InChI is InChI=1S/C12H21N3O/c1-8(2)13-9-7-10(16-6)15-11(14-9)12(3,4)5/h7-8H,1-6H3,(H,13,14,15). The van der Waals surface area contributed by atoms with Gasteiger partial charge in [-0.05, 0) is 13.8 Å². The van der Waals surface area contributed by atoms with Crippen molar-refractivity contribution in [2.45, 2.75) is 46.1 Å². The quantitative estimate of drug-likeness (QED) is 0.855. The first-order chi connectivity index (χ1) is 7.32. The first-order valence-electron chi connectivity index (χ1n) is 5.53. The summed E-state index contributed by atoms with van der Waals surface area (Å²) in [6, 6.07) is 2.15. The van der Waals surface area contributed by atoms with Crippen molar-refractivity contribution in [1.29, 1.82) is 0 Å². The number of anilines is 1. The highest BCUT2D eigenvalue weighted by atomic mass is 16.5. The maximum absolute atomic E-state index is 5.18. The van der Waals surface area contributed by atoms with Crippen LogP contribution in [0, 0.1) is 0 Å². The average Bonchev–Trinajstić information content (AvgIpc) is 2.14. The van der Waals surface area contributed by atoms with E-state index in [1.807, 2.05) is 6.07 Å². The fourth-order valence-corrected chi connectivity index (χ4v) is 1.23. The Morgan fingerprint density at radius 3 is 2.31 bits per heavy atom. The number of nitrogens with zero attached hydrogens (tertiary/aromatic N) is 2. The van der Waals surface area contributed by atoms with Crippen LogP contribution in [0.2, 0.25) is 0 Å². The lowest BCUT2D eigenvalue weighted by Crippen LogP contribution is -2.19. The minimum Gasteiger partial charge on any atom is -0.481 e. The second-order valence-electron chi connectivity index (χ2n) is 5.17. The van der Waals surface area contributed by atoms with Crippen molar-refractivity contribution in [3.63, 3.8) is 0 Å². The Hall–Kier alpha value is -1.32. The molecule has 1 N–H and O–H groups in total. The van der Waals surface area contributed by atoms with Gasteiger partial charge in [0.25, 0.3) is 0 Å². The van der Waals surface area contributed by atoms with E-state index in [4.69, 9.17) is 4.74 Å². The van der Waals surface area contributed by atoms with E-state index in [1.165, 1.54) is 0 Å². The number of methoxy groups -OCH3 is 1. The summed E-state index contributed by atoms with van der Waals surface area (Å²) >= 11 is 0. The Morgan fingerprint density at radius 1 is 1.25 bits per heavy atom. The molecule has 0 unspecified atom stereocenters. The number of ether oxygens (including phenoxy) is 1. The number of hydrogen-bond acceptors (Lipinski definition) is 4. The van der Waals surface area contributed by atoms with Crippen LogP contribution in [-0.4, -0.2) is 23.1 Å². The number of hydrogen-bond donors (Lipinski definition) is 1. The molecule has 4 nitrogen and oxygen atoms in total. The van der Waals surface area contributed by atoms with Gasteiger partial charge in [0.1, 0.15) is 11.6 Å². The van der Waals surface area contributed by atoms with Gasteiger partial charge < -0.3 is 10.1 Å². The molecule has 0 radical (unpaired) electrons. The predicted molar refractivity (Wildman–Crippen MR) is 66.0 cm³/mol. The normalized spacial score (nSPS) is 11.7. The molecule has 0 fully saturated rings. The molecule has 0 atom stereocenters. The molecule has 16 heavy (non-hydrogen) atoms. The van der Waals surface area contributed by atoms with Gasteiger partial charge in [-0.25, -0.2) is 4.98 Å². The van der Waals surface area contributed by atoms with Gasteiger partial charge in [-0.15, -0.1) is 0 Å². The first kappa shape index (κ1) is 12.7. The van der Waals surface area contributed by atoms with E-state index in [0.29, 0.717) is 11.9 Å². The summed E-state index contributed by atoms with van der Waals surface area (Å²) in [5, 5.41) is 3.26. The minimum atomic E-state index is -0.0814. The van der Waals surface area contributed by atoms with Crippen molar-refractivity contribution in [3.05, 3.63) is 11.9 Å². The van der Waals surface area contributed by atoms with E-state index in [0.717, 1.165) is 11.6 Å². The zero-order chi connectivity index (χ0) is 12.3. The van der Waals surface area contributed by atoms with E-state index in [9.17, 15) is 0 Å². The molecule has 0 saturated carbocycles. The molecule has 0 saturated heterocycles. The first-order valence-corrected chi connectivity index (χ1v) is 5.53. The monoisotopic (exact) mass is 223 g/mol. The molecule has 0 aliphatic heterocycles. The molecular weight excluding hydrogens is 202 g/mol. The van der Waals surface area contributed by atoms with E-state index >= 15 is 0 Å². The summed E-state index contributed by atoms with van der Waals surface area (Å²) in [7, 11) is 1.62. The summed E-state index contributed by atoms with van der Waals surface area (Å²) in [5.41, 5.74) is -0.0814. The second-order valence-corrected chi connectivity index (χ2v) is 5.17. The number of aromatic nitrogens is 2. The van der Waals surface area contributed by atoms with Crippen LogP contribution < -0.4 is 10.1 Å². The Bertz CT molecular complexity index is 356. The number of rotatable bonds is 3. The molecule has 0 amide bonds. The lowest BCUT2D eigenvalue weighted by Gasteiger charge is -2.19. The molecule has 1 aromatic heterocycles. The zero-order valence-corrected chi connectivity index (χ0v) is 11.0. The smallest absolute Gasteiger partial charge is 0.218 e. The molecule has 1 aromatic rings. The Balaban J connectivity index is 3.11. The van der Waals surface area contributed by atoms with Gasteiger partial charge in [0.05, 0.1) is 7.11 Å². The number of nitrogens with one attached hydrogen (secondary N) is 1. The van der Waals surface area contributed by atoms with Gasteiger partial charge >= 0.3 is 0 Å². The summed E-state index contributed by atoms with van der Waals surface area (Å²) in [5.74, 6) is 2.20. The molecule has 0 bridgehead atoms. The highest BCUT2D eigenvalue weighted by molar-refractivity contribution is 5.39. The Morgan fingerprint density at radius 2 is 1.88 bits per heavy atom. The SMILES string of the molecule is COc1cc(NC(C)C)nc(C(C)(C)C)n1. The van der Waals surface area contributed by atoms with Crippen molar-refractivity contribution < 1.29 is 4.74 Å². The van der Waals surface area contributed by atoms with Gasteiger partial charge in [0, 0.05) is 17.5 Å². The molecule has 1 heterocycles. The van der Waals surface area contributed by atoms with Crippen molar-refractivity contribution >= 4 is 5.82 Å². The topological polar surface area (TPSA) is 47.0 Å². The summed E-state index contributed by atoms with van der Waals surface area (Å²) in [6.45, 7) is 10.4. The third kappa shape index (κ3) is 3.36. The lowest BCUT2D eigenvalue weighted by atomic mass is 9.96. The fourth-order valence-electron chi connectivity index (χ4n) is 1.23. The second kappa shape index (κ2) is 4.68. The average molecular weight is 223 g/mol. The Labute approximate surface area is 97.5 Å². The highest BCUT2D eigenvalue weighted by Gasteiger charge is 2.19. The van der Waals surface area contributed by atoms with Crippen LogP contribution in [0.5, 0.6) is 5.88 Å². The molecule has 90 valence electrons. The van der Waals surface area contributed by atoms with Gasteiger partial charge in [0.2, 0.25) is 5.88 Å². The van der Waals surface area contributed by atoms with Crippen LogP contribution in [0.15, 0.2) is 6.07 Å². The largest absolute Gasteiger partial charge is 0.481 e. The molecule has 0 aliphatic carbocycles. The van der Waals surface area contributed by atoms with Crippen LogP contribution in [0.4, 0.5) is 5.82 Å². The van der Waals surface area contributed by atoms with Gasteiger partial charge in [-0.2, -0.15) is 4.98 Å². The van der Waals surface area contributed by atoms with Crippen molar-refractivity contribution in [2.75, 3.05) is 12.4 Å². The van der Waals surface area contributed by atoms with Crippen molar-refractivity contribution in [1.82, 2.24) is 9.97 Å². The Kier molecular flexibility index (Phi) is 3.73. The highest BCUT2D eigenvalue weighted by Crippen LogP contribution is 2.23. The molecule has 4 heteroatoms. The van der Waals surface area contributed by atoms with Crippen LogP contribution >= 0.6 is 0 Å². The molecular formula is C12H21N3O. The van der Waals surface area contributed by atoms with Gasteiger partial charge in [0.15, 0.2) is 0 Å². The molecule has 1 rings (SSSR count). The maximum atomic E-state index is 5.18. The van der Waals surface area contributed by atoms with E-state index < -0.39 is 0 Å². The van der Waals surface area contributed by atoms with Crippen LogP contribution in [0.1, 0.15) is 40.4 Å². The summed E-state index contributed by atoms with van der Waals surface area (Å²) in [4.78, 5) is 8.85. The van der Waals surface area contributed by atoms with E-state index in [1.54, 1.807) is 7.11 Å². The lowest BCUT2D eigenvalue weighted by molar-refractivity contribution is 0.389. The van der Waals surface area contributed by atoms with Crippen molar-refractivity contribution in [2.24, 2.45) is 0 Å². The van der Waals surface area contributed by atoms with Gasteiger partial charge in [-0.1, -0.05) is 20.8 Å². The van der Waals surface area contributed by atoms with E-state index in [2.05, 4.69) is 49.9 Å². The van der Waals surface area contributed by atoms with Crippen molar-refractivity contribution in [3.8, 4) is 5.88 Å². The summed E-state index contributed by atoms with van der Waals surface area (Å²) < 4.78 is 5.18. The molecule has 0 aliphatic rings. The van der Waals surface area contributed by atoms with Crippen LogP contribution in [0.3, 0.4) is 0 Å². The van der Waals surface area contributed by atoms with Crippen LogP contribution in [0.25, 0.3) is 0 Å². The zero-order valence-electron chi connectivity index (χ0n) is 11.0. The molecule has 0 spiro atoms. The summed E-state index contributed by atoms with van der Waals surface area (Å²) in [6.07, 6.45) is 0. The maximum Gasteiger partial charge on any atom is 0.218 e. The third-order valence-corrected chi connectivity index (χ3v) is 2.02. The van der Waals surface area contributed by atoms with Crippen LogP contribution in [-0.2, 0) is 5.41 Å².